The van der Waals surface area contributed by atoms with Crippen molar-refractivity contribution in [1.29, 1.82) is 0 Å². The molecular formula is C21H22FN5O. The van der Waals surface area contributed by atoms with Crippen molar-refractivity contribution in [2.45, 2.75) is 32.6 Å². The normalized spacial score (nSPS) is 16.8. The summed E-state index contributed by atoms with van der Waals surface area (Å²) < 4.78 is 20.8. The van der Waals surface area contributed by atoms with E-state index in [4.69, 9.17) is 4.74 Å². The molecule has 0 saturated heterocycles. The molecule has 7 heteroatoms. The van der Waals surface area contributed by atoms with Gasteiger partial charge in [-0.05, 0) is 49.8 Å². The highest BCUT2D eigenvalue weighted by Gasteiger charge is 2.19. The summed E-state index contributed by atoms with van der Waals surface area (Å²) in [5.41, 5.74) is 4.60. The standard InChI is InChI=1S/C21H22FN5O/c1-3-16-19(25-13-27-21(16)24-12-26-27)10-14-4-6-18(23-9-8-14)17-11-15(22)5-7-20(17)28-2/h5,7-9,11-14H,3-4,6,10H2,1-2H3. The number of ether oxygens (including phenoxy) is 1. The predicted octanol–water partition coefficient (Wildman–Crippen LogP) is 3.79. The number of allylic oxidation sites excluding steroid dienone is 1. The molecular weight excluding hydrogens is 357 g/mol. The molecule has 144 valence electrons. The van der Waals surface area contributed by atoms with Gasteiger partial charge in [0.25, 0.3) is 0 Å². The second kappa shape index (κ2) is 7.88. The van der Waals surface area contributed by atoms with E-state index in [-0.39, 0.29) is 5.82 Å². The number of nitrogens with zero attached hydrogens (tertiary/aromatic N) is 5. The highest BCUT2D eigenvalue weighted by atomic mass is 19.1. The fourth-order valence-electron chi connectivity index (χ4n) is 3.69. The zero-order chi connectivity index (χ0) is 19.5. The van der Waals surface area contributed by atoms with Crippen LogP contribution in [-0.4, -0.2) is 32.4 Å². The molecule has 0 N–H and O–H groups in total. The molecule has 1 aliphatic rings. The molecule has 1 atom stereocenters. The SMILES string of the molecule is CCc1c(CC2C=CN=C(c3cc(F)ccc3OC)CC2)ncn2ncnc12. The van der Waals surface area contributed by atoms with E-state index in [2.05, 4.69) is 33.1 Å². The lowest BCUT2D eigenvalue weighted by Gasteiger charge is -2.14. The number of benzene rings is 1. The highest BCUT2D eigenvalue weighted by molar-refractivity contribution is 6.03. The summed E-state index contributed by atoms with van der Waals surface area (Å²) in [4.78, 5) is 13.5. The smallest absolute Gasteiger partial charge is 0.162 e. The number of rotatable bonds is 5. The van der Waals surface area contributed by atoms with Gasteiger partial charge in [-0.15, -0.1) is 0 Å². The minimum Gasteiger partial charge on any atom is -0.496 e. The van der Waals surface area contributed by atoms with Crippen LogP contribution in [0.2, 0.25) is 0 Å². The second-order valence-corrected chi connectivity index (χ2v) is 6.82. The third kappa shape index (κ3) is 3.52. The topological polar surface area (TPSA) is 64.7 Å². The Kier molecular flexibility index (Phi) is 5.14. The highest BCUT2D eigenvalue weighted by Crippen LogP contribution is 2.27. The van der Waals surface area contributed by atoms with Gasteiger partial charge >= 0.3 is 0 Å². The van der Waals surface area contributed by atoms with E-state index in [1.807, 2.05) is 6.20 Å². The van der Waals surface area contributed by atoms with E-state index in [0.29, 0.717) is 17.2 Å². The van der Waals surface area contributed by atoms with Crippen LogP contribution in [0.3, 0.4) is 0 Å². The van der Waals surface area contributed by atoms with Crippen molar-refractivity contribution in [3.8, 4) is 5.75 Å². The molecule has 0 bridgehead atoms. The molecule has 0 fully saturated rings. The number of halogens is 1. The minimum atomic E-state index is -0.290. The summed E-state index contributed by atoms with van der Waals surface area (Å²) in [5, 5.41) is 4.17. The Hall–Kier alpha value is -3.09. The van der Waals surface area contributed by atoms with Crippen LogP contribution in [0.15, 0.2) is 48.1 Å². The fraction of sp³-hybridized carbons (Fsp3) is 0.333. The molecule has 0 radical (unpaired) electrons. The van der Waals surface area contributed by atoms with Crippen LogP contribution in [0.1, 0.15) is 36.6 Å². The maximum atomic E-state index is 13.7. The number of hydrogen-bond donors (Lipinski definition) is 0. The molecule has 1 aliphatic heterocycles. The zero-order valence-corrected chi connectivity index (χ0v) is 16.0. The summed E-state index contributed by atoms with van der Waals surface area (Å²) in [6.07, 6.45) is 10.5. The zero-order valence-electron chi connectivity index (χ0n) is 16.0. The number of hydrogen-bond acceptors (Lipinski definition) is 5. The van der Waals surface area contributed by atoms with E-state index in [9.17, 15) is 4.39 Å². The maximum absolute atomic E-state index is 13.7. The molecule has 0 spiro atoms. The summed E-state index contributed by atoms with van der Waals surface area (Å²) >= 11 is 0. The van der Waals surface area contributed by atoms with E-state index in [1.54, 1.807) is 30.3 Å². The van der Waals surface area contributed by atoms with Crippen molar-refractivity contribution in [3.63, 3.8) is 0 Å². The number of aromatic nitrogens is 4. The molecule has 28 heavy (non-hydrogen) atoms. The fourth-order valence-corrected chi connectivity index (χ4v) is 3.69. The van der Waals surface area contributed by atoms with Gasteiger partial charge < -0.3 is 4.74 Å². The van der Waals surface area contributed by atoms with Gasteiger partial charge in [-0.1, -0.05) is 13.0 Å². The molecule has 6 nitrogen and oxygen atoms in total. The first-order chi connectivity index (χ1) is 13.7. The largest absolute Gasteiger partial charge is 0.496 e. The molecule has 1 unspecified atom stereocenters. The van der Waals surface area contributed by atoms with Gasteiger partial charge in [-0.2, -0.15) is 5.10 Å². The van der Waals surface area contributed by atoms with E-state index in [1.165, 1.54) is 12.1 Å². The first-order valence-electron chi connectivity index (χ1n) is 9.43. The Balaban J connectivity index is 1.53. The average Bonchev–Trinajstić information content (AvgIpc) is 3.07. The Bertz CT molecular complexity index is 1060. The van der Waals surface area contributed by atoms with Crippen molar-refractivity contribution in [2.75, 3.05) is 7.11 Å². The lowest BCUT2D eigenvalue weighted by atomic mass is 9.93. The van der Waals surface area contributed by atoms with Crippen molar-refractivity contribution in [3.05, 3.63) is 65.8 Å². The third-order valence-corrected chi connectivity index (χ3v) is 5.14. The Morgan fingerprint density at radius 3 is 3.00 bits per heavy atom. The van der Waals surface area contributed by atoms with E-state index >= 15 is 0 Å². The van der Waals surface area contributed by atoms with Gasteiger partial charge in [0.05, 0.1) is 12.8 Å². The van der Waals surface area contributed by atoms with E-state index < -0.39 is 0 Å². The third-order valence-electron chi connectivity index (χ3n) is 5.14. The number of aliphatic imine (C=N–C) groups is 1. The Morgan fingerprint density at radius 1 is 1.29 bits per heavy atom. The first-order valence-corrected chi connectivity index (χ1v) is 9.43. The van der Waals surface area contributed by atoms with Crippen LogP contribution in [0.5, 0.6) is 5.75 Å². The molecule has 3 heterocycles. The van der Waals surface area contributed by atoms with Crippen molar-refractivity contribution >= 4 is 11.4 Å². The molecule has 0 aliphatic carbocycles. The molecule has 0 amide bonds. The van der Waals surface area contributed by atoms with Crippen molar-refractivity contribution in [2.24, 2.45) is 10.9 Å². The van der Waals surface area contributed by atoms with Crippen molar-refractivity contribution in [1.82, 2.24) is 19.6 Å². The van der Waals surface area contributed by atoms with Gasteiger partial charge in [0.1, 0.15) is 24.2 Å². The summed E-state index contributed by atoms with van der Waals surface area (Å²) in [7, 11) is 1.59. The lowest BCUT2D eigenvalue weighted by molar-refractivity contribution is 0.412. The predicted molar refractivity (Wildman–Crippen MR) is 105 cm³/mol. The molecule has 2 aromatic heterocycles. The van der Waals surface area contributed by atoms with Gasteiger partial charge in [0.15, 0.2) is 5.65 Å². The molecule has 1 aromatic carbocycles. The maximum Gasteiger partial charge on any atom is 0.162 e. The Labute approximate surface area is 162 Å². The Morgan fingerprint density at radius 2 is 2.18 bits per heavy atom. The summed E-state index contributed by atoms with van der Waals surface area (Å²) in [6, 6.07) is 4.53. The quantitative estimate of drug-likeness (QED) is 0.677. The summed E-state index contributed by atoms with van der Waals surface area (Å²) in [6.45, 7) is 2.11. The van der Waals surface area contributed by atoms with E-state index in [0.717, 1.165) is 48.3 Å². The minimum absolute atomic E-state index is 0.290. The van der Waals surface area contributed by atoms with Crippen LogP contribution in [0.4, 0.5) is 4.39 Å². The first kappa shape index (κ1) is 18.3. The van der Waals surface area contributed by atoms with Crippen LogP contribution in [0, 0.1) is 11.7 Å². The van der Waals surface area contributed by atoms with Gasteiger partial charge in [0, 0.05) is 23.0 Å². The van der Waals surface area contributed by atoms with Crippen LogP contribution in [0.25, 0.3) is 5.65 Å². The van der Waals surface area contributed by atoms with Crippen LogP contribution >= 0.6 is 0 Å². The molecule has 4 rings (SSSR count). The van der Waals surface area contributed by atoms with Gasteiger partial charge in [-0.25, -0.2) is 18.9 Å². The second-order valence-electron chi connectivity index (χ2n) is 6.82. The summed E-state index contributed by atoms with van der Waals surface area (Å²) in [5.74, 6) is 0.643. The monoisotopic (exact) mass is 379 g/mol. The lowest BCUT2D eigenvalue weighted by Crippen LogP contribution is -2.10. The van der Waals surface area contributed by atoms with Gasteiger partial charge in [0.2, 0.25) is 0 Å². The average molecular weight is 379 g/mol. The number of fused-ring (bicyclic) bond motifs is 1. The number of aryl methyl sites for hydroxylation is 1. The van der Waals surface area contributed by atoms with Crippen molar-refractivity contribution < 1.29 is 9.13 Å². The van der Waals surface area contributed by atoms with Crippen LogP contribution < -0.4 is 4.74 Å². The molecule has 3 aromatic rings. The number of methoxy groups -OCH3 is 1. The van der Waals surface area contributed by atoms with Gasteiger partial charge in [-0.3, -0.25) is 4.99 Å². The van der Waals surface area contributed by atoms with Crippen LogP contribution in [-0.2, 0) is 12.8 Å². The molecule has 0 saturated carbocycles.